The first-order valence-corrected chi connectivity index (χ1v) is 4.84. The largest absolute Gasteiger partial charge is 0.378 e. The highest BCUT2D eigenvalue weighted by molar-refractivity contribution is 5.94. The van der Waals surface area contributed by atoms with Gasteiger partial charge < -0.3 is 15.8 Å². The topological polar surface area (TPSA) is 64.3 Å². The van der Waals surface area contributed by atoms with E-state index < -0.39 is 0 Å². The van der Waals surface area contributed by atoms with Crippen LogP contribution in [-0.2, 0) is 4.74 Å². The quantitative estimate of drug-likeness (QED) is 0.735. The first kappa shape index (κ1) is 11.7. The molecule has 0 aliphatic rings. The van der Waals surface area contributed by atoms with Crippen LogP contribution in [0.4, 0.5) is 0 Å². The molecule has 1 rings (SSSR count). The highest BCUT2D eigenvalue weighted by Gasteiger charge is 2.08. The molecule has 1 aromatic rings. The standard InChI is InChI=1S/C11H16N2O2/c1-15-10(7-12)8-13-11(14)9-5-3-2-4-6-9/h2-6,10H,7-8,12H2,1H3,(H,13,14)/t10-/m1/s1. The number of amides is 1. The minimum Gasteiger partial charge on any atom is -0.378 e. The summed E-state index contributed by atoms with van der Waals surface area (Å²) in [7, 11) is 1.58. The number of rotatable bonds is 5. The fourth-order valence-electron chi connectivity index (χ4n) is 1.16. The lowest BCUT2D eigenvalue weighted by atomic mass is 10.2. The zero-order chi connectivity index (χ0) is 11.1. The third kappa shape index (κ3) is 3.69. The average Bonchev–Trinajstić information content (AvgIpc) is 2.31. The normalized spacial score (nSPS) is 12.1. The number of carbonyl (C=O) groups excluding carboxylic acids is 1. The van der Waals surface area contributed by atoms with Crippen LogP contribution in [0, 0.1) is 0 Å². The number of hydrogen-bond acceptors (Lipinski definition) is 3. The molecule has 4 nitrogen and oxygen atoms in total. The van der Waals surface area contributed by atoms with Gasteiger partial charge >= 0.3 is 0 Å². The molecule has 0 aliphatic carbocycles. The molecule has 0 unspecified atom stereocenters. The van der Waals surface area contributed by atoms with Crippen LogP contribution in [0.3, 0.4) is 0 Å². The van der Waals surface area contributed by atoms with Crippen LogP contribution in [0.2, 0.25) is 0 Å². The second-order valence-corrected chi connectivity index (χ2v) is 3.17. The van der Waals surface area contributed by atoms with E-state index in [2.05, 4.69) is 5.32 Å². The molecule has 0 radical (unpaired) electrons. The Labute approximate surface area is 89.4 Å². The van der Waals surface area contributed by atoms with E-state index in [0.717, 1.165) is 0 Å². The third-order valence-electron chi connectivity index (χ3n) is 2.12. The van der Waals surface area contributed by atoms with Crippen LogP contribution in [0.5, 0.6) is 0 Å². The summed E-state index contributed by atoms with van der Waals surface area (Å²) < 4.78 is 5.05. The molecule has 1 aromatic carbocycles. The zero-order valence-corrected chi connectivity index (χ0v) is 8.77. The van der Waals surface area contributed by atoms with Crippen molar-refractivity contribution in [2.75, 3.05) is 20.2 Å². The number of methoxy groups -OCH3 is 1. The summed E-state index contributed by atoms with van der Waals surface area (Å²) in [4.78, 5) is 11.6. The summed E-state index contributed by atoms with van der Waals surface area (Å²) in [6, 6.07) is 9.05. The molecule has 0 heterocycles. The molecule has 1 amide bonds. The van der Waals surface area contributed by atoms with Crippen molar-refractivity contribution in [2.24, 2.45) is 5.73 Å². The van der Waals surface area contributed by atoms with E-state index in [4.69, 9.17) is 10.5 Å². The van der Waals surface area contributed by atoms with Crippen molar-refractivity contribution in [1.82, 2.24) is 5.32 Å². The van der Waals surface area contributed by atoms with Gasteiger partial charge in [-0.1, -0.05) is 18.2 Å². The van der Waals surface area contributed by atoms with Gasteiger partial charge in [0, 0.05) is 25.8 Å². The van der Waals surface area contributed by atoms with Crippen LogP contribution < -0.4 is 11.1 Å². The Morgan fingerprint density at radius 1 is 1.47 bits per heavy atom. The molecule has 0 bridgehead atoms. The second kappa shape index (κ2) is 6.16. The molecule has 15 heavy (non-hydrogen) atoms. The highest BCUT2D eigenvalue weighted by Crippen LogP contribution is 1.97. The van der Waals surface area contributed by atoms with Gasteiger partial charge in [-0.05, 0) is 12.1 Å². The van der Waals surface area contributed by atoms with Gasteiger partial charge in [0.15, 0.2) is 0 Å². The van der Waals surface area contributed by atoms with Crippen LogP contribution in [0.1, 0.15) is 10.4 Å². The van der Waals surface area contributed by atoms with Gasteiger partial charge in [-0.3, -0.25) is 4.79 Å². The summed E-state index contributed by atoms with van der Waals surface area (Å²) in [5.74, 6) is -0.105. The van der Waals surface area contributed by atoms with E-state index in [1.165, 1.54) is 0 Å². The Morgan fingerprint density at radius 2 is 2.13 bits per heavy atom. The zero-order valence-electron chi connectivity index (χ0n) is 8.77. The van der Waals surface area contributed by atoms with Gasteiger partial charge in [0.05, 0.1) is 6.10 Å². The van der Waals surface area contributed by atoms with E-state index in [1.807, 2.05) is 18.2 Å². The van der Waals surface area contributed by atoms with E-state index in [0.29, 0.717) is 18.7 Å². The molecule has 0 saturated heterocycles. The molecule has 0 aromatic heterocycles. The van der Waals surface area contributed by atoms with Crippen molar-refractivity contribution < 1.29 is 9.53 Å². The lowest BCUT2D eigenvalue weighted by molar-refractivity contribution is 0.0850. The highest BCUT2D eigenvalue weighted by atomic mass is 16.5. The average molecular weight is 208 g/mol. The minimum absolute atomic E-state index is 0.105. The van der Waals surface area contributed by atoms with Crippen LogP contribution in [0.25, 0.3) is 0 Å². The number of nitrogens with two attached hydrogens (primary N) is 1. The van der Waals surface area contributed by atoms with Crippen LogP contribution >= 0.6 is 0 Å². The Morgan fingerprint density at radius 3 is 2.67 bits per heavy atom. The van der Waals surface area contributed by atoms with E-state index >= 15 is 0 Å². The van der Waals surface area contributed by atoms with Crippen molar-refractivity contribution in [3.63, 3.8) is 0 Å². The summed E-state index contributed by atoms with van der Waals surface area (Å²) in [5.41, 5.74) is 6.07. The fraction of sp³-hybridized carbons (Fsp3) is 0.364. The molecule has 0 spiro atoms. The lowest BCUT2D eigenvalue weighted by Crippen LogP contribution is -2.37. The Hall–Kier alpha value is -1.39. The molecule has 1 atom stereocenters. The summed E-state index contributed by atoms with van der Waals surface area (Å²) in [6.45, 7) is 0.826. The molecule has 4 heteroatoms. The molecule has 0 saturated carbocycles. The second-order valence-electron chi connectivity index (χ2n) is 3.17. The fourth-order valence-corrected chi connectivity index (χ4v) is 1.16. The van der Waals surface area contributed by atoms with Crippen molar-refractivity contribution in [3.05, 3.63) is 35.9 Å². The maximum atomic E-state index is 11.6. The number of hydrogen-bond donors (Lipinski definition) is 2. The van der Waals surface area contributed by atoms with Crippen molar-refractivity contribution in [3.8, 4) is 0 Å². The minimum atomic E-state index is -0.127. The van der Waals surface area contributed by atoms with Gasteiger partial charge in [0.25, 0.3) is 5.91 Å². The van der Waals surface area contributed by atoms with Gasteiger partial charge in [-0.2, -0.15) is 0 Å². The first-order chi connectivity index (χ1) is 7.27. The van der Waals surface area contributed by atoms with E-state index in [-0.39, 0.29) is 12.0 Å². The number of ether oxygens (including phenoxy) is 1. The molecular weight excluding hydrogens is 192 g/mol. The maximum absolute atomic E-state index is 11.6. The summed E-state index contributed by atoms with van der Waals surface area (Å²) in [5, 5.41) is 2.76. The van der Waals surface area contributed by atoms with Crippen molar-refractivity contribution in [2.45, 2.75) is 6.10 Å². The lowest BCUT2D eigenvalue weighted by Gasteiger charge is -2.13. The maximum Gasteiger partial charge on any atom is 0.251 e. The molecular formula is C11H16N2O2. The Bertz CT molecular complexity index is 297. The van der Waals surface area contributed by atoms with Crippen LogP contribution in [-0.4, -0.2) is 32.2 Å². The molecule has 82 valence electrons. The SMILES string of the molecule is CO[C@H](CN)CNC(=O)c1ccccc1. The first-order valence-electron chi connectivity index (χ1n) is 4.84. The van der Waals surface area contributed by atoms with Gasteiger partial charge in [0.1, 0.15) is 0 Å². The van der Waals surface area contributed by atoms with Gasteiger partial charge in [0.2, 0.25) is 0 Å². The smallest absolute Gasteiger partial charge is 0.251 e. The monoisotopic (exact) mass is 208 g/mol. The number of carbonyl (C=O) groups is 1. The van der Waals surface area contributed by atoms with Gasteiger partial charge in [-0.25, -0.2) is 0 Å². The number of benzene rings is 1. The number of nitrogens with one attached hydrogen (secondary N) is 1. The molecule has 0 aliphatic heterocycles. The Balaban J connectivity index is 2.43. The predicted molar refractivity (Wildman–Crippen MR) is 58.6 cm³/mol. The Kier molecular flexibility index (Phi) is 4.80. The van der Waals surface area contributed by atoms with Gasteiger partial charge in [-0.15, -0.1) is 0 Å². The van der Waals surface area contributed by atoms with Crippen molar-refractivity contribution in [1.29, 1.82) is 0 Å². The van der Waals surface area contributed by atoms with Crippen molar-refractivity contribution >= 4 is 5.91 Å². The molecule has 0 fully saturated rings. The predicted octanol–water partition coefficient (Wildman–Crippen LogP) is 0.390. The third-order valence-corrected chi connectivity index (χ3v) is 2.12. The molecule has 3 N–H and O–H groups in total. The van der Waals surface area contributed by atoms with E-state index in [1.54, 1.807) is 19.2 Å². The van der Waals surface area contributed by atoms with Crippen LogP contribution in [0.15, 0.2) is 30.3 Å². The summed E-state index contributed by atoms with van der Waals surface area (Å²) in [6.07, 6.45) is -0.127. The summed E-state index contributed by atoms with van der Waals surface area (Å²) >= 11 is 0. The van der Waals surface area contributed by atoms with E-state index in [9.17, 15) is 4.79 Å².